The maximum absolute atomic E-state index is 13.9. The standard InChI is InChI=1S/C14H12BrF3N2/c1-7-4-8(6-9(15)5-7)14(20-19)10-2-3-11(16)13(18)12(10)17/h2-6,14,20H,19H2,1H3. The minimum atomic E-state index is -1.51. The van der Waals surface area contributed by atoms with E-state index in [0.29, 0.717) is 5.56 Å². The van der Waals surface area contributed by atoms with Crippen LogP contribution in [0.25, 0.3) is 0 Å². The second kappa shape index (κ2) is 5.95. The fraction of sp³-hybridized carbons (Fsp3) is 0.143. The van der Waals surface area contributed by atoms with Crippen LogP contribution in [0.15, 0.2) is 34.8 Å². The van der Waals surface area contributed by atoms with Crippen LogP contribution in [0.3, 0.4) is 0 Å². The number of hydrogen-bond acceptors (Lipinski definition) is 2. The Labute approximate surface area is 122 Å². The van der Waals surface area contributed by atoms with E-state index in [1.165, 1.54) is 6.07 Å². The minimum absolute atomic E-state index is 0.0519. The number of aryl methyl sites for hydroxylation is 1. The van der Waals surface area contributed by atoms with Gasteiger partial charge in [0, 0.05) is 10.0 Å². The highest BCUT2D eigenvalue weighted by Crippen LogP contribution is 2.28. The fourth-order valence-corrected chi connectivity index (χ4v) is 2.69. The largest absolute Gasteiger partial charge is 0.271 e. The summed E-state index contributed by atoms with van der Waals surface area (Å²) >= 11 is 3.33. The van der Waals surface area contributed by atoms with E-state index in [9.17, 15) is 13.2 Å². The van der Waals surface area contributed by atoms with Crippen molar-refractivity contribution in [2.75, 3.05) is 0 Å². The Balaban J connectivity index is 2.55. The van der Waals surface area contributed by atoms with Crippen LogP contribution in [0.1, 0.15) is 22.7 Å². The van der Waals surface area contributed by atoms with Crippen LogP contribution in [0.2, 0.25) is 0 Å². The summed E-state index contributed by atoms with van der Waals surface area (Å²) in [6, 6.07) is 6.67. The first-order valence-electron chi connectivity index (χ1n) is 5.80. The molecule has 0 saturated carbocycles. The summed E-state index contributed by atoms with van der Waals surface area (Å²) in [6.45, 7) is 1.86. The summed E-state index contributed by atoms with van der Waals surface area (Å²) in [7, 11) is 0. The SMILES string of the molecule is Cc1cc(Br)cc(C(NN)c2ccc(F)c(F)c2F)c1. The number of nitrogens with one attached hydrogen (secondary N) is 1. The molecular formula is C14H12BrF3N2. The lowest BCUT2D eigenvalue weighted by atomic mass is 9.97. The lowest BCUT2D eigenvalue weighted by Crippen LogP contribution is -2.30. The highest BCUT2D eigenvalue weighted by molar-refractivity contribution is 9.10. The van der Waals surface area contributed by atoms with Gasteiger partial charge in [-0.1, -0.05) is 28.1 Å². The van der Waals surface area contributed by atoms with Crippen molar-refractivity contribution in [1.29, 1.82) is 0 Å². The molecule has 2 rings (SSSR count). The number of nitrogens with two attached hydrogens (primary N) is 1. The molecule has 0 aliphatic heterocycles. The van der Waals surface area contributed by atoms with E-state index in [4.69, 9.17) is 5.84 Å². The Morgan fingerprint density at radius 2 is 1.80 bits per heavy atom. The lowest BCUT2D eigenvalue weighted by molar-refractivity contribution is 0.433. The lowest BCUT2D eigenvalue weighted by Gasteiger charge is -2.19. The molecule has 2 aromatic carbocycles. The highest BCUT2D eigenvalue weighted by atomic mass is 79.9. The summed E-state index contributed by atoms with van der Waals surface area (Å²) in [5.41, 5.74) is 3.95. The van der Waals surface area contributed by atoms with E-state index in [-0.39, 0.29) is 5.56 Å². The van der Waals surface area contributed by atoms with Crippen LogP contribution in [-0.4, -0.2) is 0 Å². The first kappa shape index (κ1) is 15.0. The molecule has 20 heavy (non-hydrogen) atoms. The molecule has 1 unspecified atom stereocenters. The van der Waals surface area contributed by atoms with Crippen LogP contribution in [0.5, 0.6) is 0 Å². The topological polar surface area (TPSA) is 38.0 Å². The van der Waals surface area contributed by atoms with Gasteiger partial charge in [0.1, 0.15) is 0 Å². The Morgan fingerprint density at radius 3 is 2.40 bits per heavy atom. The Morgan fingerprint density at radius 1 is 1.10 bits per heavy atom. The van der Waals surface area contributed by atoms with Gasteiger partial charge in [0.15, 0.2) is 17.5 Å². The van der Waals surface area contributed by atoms with Crippen molar-refractivity contribution in [2.24, 2.45) is 5.84 Å². The molecule has 0 heterocycles. The minimum Gasteiger partial charge on any atom is -0.271 e. The number of hydrogen-bond donors (Lipinski definition) is 2. The molecule has 3 N–H and O–H groups in total. The van der Waals surface area contributed by atoms with Gasteiger partial charge in [-0.25, -0.2) is 18.6 Å². The summed E-state index contributed by atoms with van der Waals surface area (Å²) < 4.78 is 41.0. The van der Waals surface area contributed by atoms with Crippen molar-refractivity contribution in [1.82, 2.24) is 5.43 Å². The van der Waals surface area contributed by atoms with Gasteiger partial charge in [0.2, 0.25) is 0 Å². The zero-order valence-corrected chi connectivity index (χ0v) is 12.1. The molecule has 0 amide bonds. The van der Waals surface area contributed by atoms with E-state index in [1.54, 1.807) is 12.1 Å². The molecule has 106 valence electrons. The van der Waals surface area contributed by atoms with Gasteiger partial charge < -0.3 is 0 Å². The van der Waals surface area contributed by atoms with E-state index in [1.807, 2.05) is 13.0 Å². The van der Waals surface area contributed by atoms with Crippen LogP contribution < -0.4 is 11.3 Å². The van der Waals surface area contributed by atoms with Crippen LogP contribution in [0, 0.1) is 24.4 Å². The number of hydrazine groups is 1. The average Bonchev–Trinajstić information content (AvgIpc) is 2.38. The second-order valence-corrected chi connectivity index (χ2v) is 5.34. The second-order valence-electron chi connectivity index (χ2n) is 4.43. The molecule has 0 aliphatic rings. The van der Waals surface area contributed by atoms with Crippen molar-refractivity contribution in [2.45, 2.75) is 13.0 Å². The quantitative estimate of drug-likeness (QED) is 0.505. The first-order valence-corrected chi connectivity index (χ1v) is 6.60. The van der Waals surface area contributed by atoms with Crippen LogP contribution in [0.4, 0.5) is 13.2 Å². The Kier molecular flexibility index (Phi) is 4.47. The van der Waals surface area contributed by atoms with Gasteiger partial charge >= 0.3 is 0 Å². The third-order valence-corrected chi connectivity index (χ3v) is 3.40. The molecule has 0 aliphatic carbocycles. The van der Waals surface area contributed by atoms with E-state index >= 15 is 0 Å². The molecule has 0 bridgehead atoms. The zero-order valence-electron chi connectivity index (χ0n) is 10.6. The van der Waals surface area contributed by atoms with Crippen molar-refractivity contribution in [3.63, 3.8) is 0 Å². The molecular weight excluding hydrogens is 333 g/mol. The molecule has 0 aromatic heterocycles. The van der Waals surface area contributed by atoms with E-state index in [2.05, 4.69) is 21.4 Å². The Hall–Kier alpha value is -1.37. The van der Waals surface area contributed by atoms with Crippen molar-refractivity contribution in [3.05, 3.63) is 68.9 Å². The fourth-order valence-electron chi connectivity index (χ4n) is 2.06. The van der Waals surface area contributed by atoms with Crippen molar-refractivity contribution >= 4 is 15.9 Å². The molecule has 1 atom stereocenters. The zero-order chi connectivity index (χ0) is 14.9. The molecule has 0 radical (unpaired) electrons. The number of benzene rings is 2. The molecule has 2 aromatic rings. The monoisotopic (exact) mass is 344 g/mol. The maximum Gasteiger partial charge on any atom is 0.194 e. The van der Waals surface area contributed by atoms with Gasteiger partial charge in [0.25, 0.3) is 0 Å². The normalized spacial score (nSPS) is 12.5. The molecule has 0 saturated heterocycles. The predicted octanol–water partition coefficient (Wildman–Crippen LogP) is 3.73. The summed E-state index contributed by atoms with van der Waals surface area (Å²) in [5, 5.41) is 0. The third-order valence-electron chi connectivity index (χ3n) is 2.94. The summed E-state index contributed by atoms with van der Waals surface area (Å²) in [5.74, 6) is 1.47. The smallest absolute Gasteiger partial charge is 0.194 e. The molecule has 0 fully saturated rings. The van der Waals surface area contributed by atoms with Gasteiger partial charge in [-0.3, -0.25) is 5.84 Å². The summed E-state index contributed by atoms with van der Waals surface area (Å²) in [4.78, 5) is 0. The average molecular weight is 345 g/mol. The molecule has 0 spiro atoms. The van der Waals surface area contributed by atoms with Crippen molar-refractivity contribution < 1.29 is 13.2 Å². The molecule has 2 nitrogen and oxygen atoms in total. The first-order chi connectivity index (χ1) is 9.43. The van der Waals surface area contributed by atoms with Crippen LogP contribution in [-0.2, 0) is 0 Å². The van der Waals surface area contributed by atoms with E-state index < -0.39 is 23.5 Å². The third kappa shape index (κ3) is 2.87. The number of halogens is 4. The van der Waals surface area contributed by atoms with Gasteiger partial charge in [-0.05, 0) is 36.2 Å². The predicted molar refractivity (Wildman–Crippen MR) is 74.4 cm³/mol. The van der Waals surface area contributed by atoms with Crippen molar-refractivity contribution in [3.8, 4) is 0 Å². The summed E-state index contributed by atoms with van der Waals surface area (Å²) in [6.07, 6.45) is 0. The maximum atomic E-state index is 13.9. The highest BCUT2D eigenvalue weighted by Gasteiger charge is 2.21. The van der Waals surface area contributed by atoms with Gasteiger partial charge in [0.05, 0.1) is 6.04 Å². The van der Waals surface area contributed by atoms with Gasteiger partial charge in [-0.2, -0.15) is 0 Å². The Bertz CT molecular complexity index is 626. The van der Waals surface area contributed by atoms with Gasteiger partial charge in [-0.15, -0.1) is 0 Å². The number of rotatable bonds is 3. The van der Waals surface area contributed by atoms with E-state index in [0.717, 1.165) is 16.1 Å². The van der Waals surface area contributed by atoms with Crippen LogP contribution >= 0.6 is 15.9 Å². The molecule has 6 heteroatoms.